The summed E-state index contributed by atoms with van der Waals surface area (Å²) >= 11 is 3.53. The number of para-hydroxylation sites is 1. The Morgan fingerprint density at radius 1 is 0.349 bits per heavy atom. The SMILES string of the molecule is c1ccc(-c2nc(-c3ccc4sc5cccc(-c6nc(-c7ccccc7)c7sc8ccccc8c7n6)c5c4c3)nc(-n3c4ccccc4c4c(-c5ccccc5)cccc43)n2)cc1. The van der Waals surface area contributed by atoms with Gasteiger partial charge in [-0.25, -0.2) is 15.0 Å². The second-order valence-electron chi connectivity index (χ2n) is 15.6. The van der Waals surface area contributed by atoms with Crippen LogP contribution >= 0.6 is 22.7 Å². The number of aromatic nitrogens is 6. The lowest BCUT2D eigenvalue weighted by Gasteiger charge is -2.11. The Balaban J connectivity index is 1.04. The highest BCUT2D eigenvalue weighted by atomic mass is 32.1. The fourth-order valence-corrected chi connectivity index (χ4v) is 11.3. The van der Waals surface area contributed by atoms with E-state index in [4.69, 9.17) is 24.9 Å². The van der Waals surface area contributed by atoms with Crippen molar-refractivity contribution >= 4 is 85.0 Å². The Morgan fingerprint density at radius 3 is 1.78 bits per heavy atom. The molecule has 8 aromatic carbocycles. The minimum Gasteiger partial charge on any atom is -0.278 e. The Hall–Kier alpha value is -7.91. The molecule has 0 N–H and O–H groups in total. The highest BCUT2D eigenvalue weighted by Gasteiger charge is 2.22. The maximum Gasteiger partial charge on any atom is 0.238 e. The van der Waals surface area contributed by atoms with E-state index in [1.807, 2.05) is 24.3 Å². The maximum absolute atomic E-state index is 5.38. The van der Waals surface area contributed by atoms with Crippen molar-refractivity contribution < 1.29 is 0 Å². The number of benzene rings is 8. The molecule has 0 unspecified atom stereocenters. The van der Waals surface area contributed by atoms with Crippen LogP contribution in [0.5, 0.6) is 0 Å². The van der Waals surface area contributed by atoms with E-state index in [2.05, 4.69) is 174 Å². The van der Waals surface area contributed by atoms with Crippen molar-refractivity contribution in [2.75, 3.05) is 0 Å². The number of hydrogen-bond donors (Lipinski definition) is 0. The van der Waals surface area contributed by atoms with Gasteiger partial charge in [0.25, 0.3) is 0 Å². The Kier molecular flexibility index (Phi) is 8.15. The molecule has 0 aliphatic rings. The first-order chi connectivity index (χ1) is 31.2. The van der Waals surface area contributed by atoms with Crippen LogP contribution in [0, 0.1) is 0 Å². The molecule has 0 bridgehead atoms. The first-order valence-corrected chi connectivity index (χ1v) is 22.5. The lowest BCUT2D eigenvalue weighted by Crippen LogP contribution is -2.06. The van der Waals surface area contributed by atoms with Gasteiger partial charge in [0.2, 0.25) is 5.95 Å². The number of rotatable bonds is 6. The second-order valence-corrected chi connectivity index (χ2v) is 17.7. The van der Waals surface area contributed by atoms with Gasteiger partial charge < -0.3 is 0 Å². The summed E-state index contributed by atoms with van der Waals surface area (Å²) in [5, 5.41) is 5.66. The van der Waals surface area contributed by atoms with Crippen LogP contribution in [0.15, 0.2) is 194 Å². The third-order valence-corrected chi connectivity index (χ3v) is 14.2. The van der Waals surface area contributed by atoms with Crippen LogP contribution in [-0.2, 0) is 0 Å². The first-order valence-electron chi connectivity index (χ1n) is 20.8. The number of thiophene rings is 2. The van der Waals surface area contributed by atoms with Crippen molar-refractivity contribution in [3.8, 4) is 62.5 Å². The summed E-state index contributed by atoms with van der Waals surface area (Å²) in [6.45, 7) is 0. The zero-order chi connectivity index (χ0) is 41.4. The molecule has 13 aromatic rings. The molecule has 0 saturated carbocycles. The van der Waals surface area contributed by atoms with Crippen LogP contribution < -0.4 is 0 Å². The van der Waals surface area contributed by atoms with Crippen molar-refractivity contribution in [3.05, 3.63) is 194 Å². The van der Waals surface area contributed by atoms with E-state index in [-0.39, 0.29) is 0 Å². The molecule has 0 atom stereocenters. The van der Waals surface area contributed by atoms with Gasteiger partial charge in [0.05, 0.1) is 26.9 Å². The van der Waals surface area contributed by atoms with Crippen LogP contribution in [0.3, 0.4) is 0 Å². The van der Waals surface area contributed by atoms with E-state index in [0.717, 1.165) is 87.3 Å². The predicted octanol–water partition coefficient (Wildman–Crippen LogP) is 14.8. The van der Waals surface area contributed by atoms with Gasteiger partial charge in [0, 0.05) is 63.3 Å². The van der Waals surface area contributed by atoms with Crippen molar-refractivity contribution in [1.82, 2.24) is 29.5 Å². The van der Waals surface area contributed by atoms with Crippen LogP contribution in [0.1, 0.15) is 0 Å². The molecule has 13 rings (SSSR count). The summed E-state index contributed by atoms with van der Waals surface area (Å²) in [5.41, 5.74) is 10.2. The Bertz CT molecular complexity index is 3910. The maximum atomic E-state index is 5.38. The molecule has 6 nitrogen and oxygen atoms in total. The fraction of sp³-hybridized carbons (Fsp3) is 0. The lowest BCUT2D eigenvalue weighted by molar-refractivity contribution is 0.954. The zero-order valence-electron chi connectivity index (χ0n) is 33.5. The standard InChI is InChI=1S/C55H32N6S2/c1-4-16-33(17-5-1)37-24-14-27-43-47(37)38-22-10-12-26-42(38)61(43)55-59-52(35-20-8-3-9-21-35)58-53(60-55)36-30-31-45-41(32-36)48-40(25-15-29-46(48)62-45)54-56-49(34-18-6-2-7-19-34)51-50(57-54)39-23-11-13-28-44(39)63-51/h1-32H. The molecule has 0 spiro atoms. The molecule has 0 aliphatic carbocycles. The van der Waals surface area contributed by atoms with E-state index >= 15 is 0 Å². The van der Waals surface area contributed by atoms with Gasteiger partial charge in [-0.2, -0.15) is 9.97 Å². The molecule has 0 radical (unpaired) electrons. The van der Waals surface area contributed by atoms with Crippen molar-refractivity contribution in [2.45, 2.75) is 0 Å². The Morgan fingerprint density at radius 2 is 0.968 bits per heavy atom. The summed E-state index contributed by atoms with van der Waals surface area (Å²) in [6, 6.07) is 67.8. The van der Waals surface area contributed by atoms with Crippen LogP contribution in [0.25, 0.3) is 125 Å². The summed E-state index contributed by atoms with van der Waals surface area (Å²) in [7, 11) is 0. The molecule has 0 aliphatic heterocycles. The van der Waals surface area contributed by atoms with E-state index < -0.39 is 0 Å². The molecule has 0 fully saturated rings. The number of nitrogens with zero attached hydrogens (tertiary/aromatic N) is 6. The van der Waals surface area contributed by atoms with Crippen molar-refractivity contribution in [2.24, 2.45) is 0 Å². The van der Waals surface area contributed by atoms with Crippen molar-refractivity contribution in [1.29, 1.82) is 0 Å². The van der Waals surface area contributed by atoms with Gasteiger partial charge in [0.15, 0.2) is 17.5 Å². The van der Waals surface area contributed by atoms with Crippen molar-refractivity contribution in [3.63, 3.8) is 0 Å². The monoisotopic (exact) mass is 840 g/mol. The Labute approximate surface area is 369 Å². The largest absolute Gasteiger partial charge is 0.278 e. The molecular weight excluding hydrogens is 809 g/mol. The average Bonchev–Trinajstić information content (AvgIpc) is 4.04. The van der Waals surface area contributed by atoms with Crippen LogP contribution in [0.2, 0.25) is 0 Å². The van der Waals surface area contributed by atoms with E-state index in [1.54, 1.807) is 22.7 Å². The molecular formula is C55H32N6S2. The minimum atomic E-state index is 0.560. The quantitative estimate of drug-likeness (QED) is 0.167. The normalized spacial score (nSPS) is 11.8. The smallest absolute Gasteiger partial charge is 0.238 e. The summed E-state index contributed by atoms with van der Waals surface area (Å²) in [6.07, 6.45) is 0. The summed E-state index contributed by atoms with van der Waals surface area (Å²) in [4.78, 5) is 26.5. The van der Waals surface area contributed by atoms with Crippen LogP contribution in [0.4, 0.5) is 0 Å². The van der Waals surface area contributed by atoms with Crippen LogP contribution in [-0.4, -0.2) is 29.5 Å². The molecule has 0 saturated heterocycles. The predicted molar refractivity (Wildman–Crippen MR) is 263 cm³/mol. The highest BCUT2D eigenvalue weighted by molar-refractivity contribution is 7.26. The van der Waals surface area contributed by atoms with Gasteiger partial charge in [0.1, 0.15) is 0 Å². The second kappa shape index (κ2) is 14.3. The highest BCUT2D eigenvalue weighted by Crippen LogP contribution is 2.44. The van der Waals surface area contributed by atoms with Gasteiger partial charge in [-0.1, -0.05) is 152 Å². The minimum absolute atomic E-state index is 0.560. The van der Waals surface area contributed by atoms with Gasteiger partial charge >= 0.3 is 0 Å². The van der Waals surface area contributed by atoms with Gasteiger partial charge in [-0.05, 0) is 53.6 Å². The molecule has 294 valence electrons. The molecule has 63 heavy (non-hydrogen) atoms. The third-order valence-electron chi connectivity index (χ3n) is 11.9. The van der Waals surface area contributed by atoms with Gasteiger partial charge in [-0.15, -0.1) is 22.7 Å². The van der Waals surface area contributed by atoms with E-state index in [1.165, 1.54) is 14.1 Å². The first kappa shape index (κ1) is 35.8. The zero-order valence-corrected chi connectivity index (χ0v) is 35.1. The van der Waals surface area contributed by atoms with E-state index in [0.29, 0.717) is 23.4 Å². The fourth-order valence-electron chi connectivity index (χ4n) is 9.06. The third kappa shape index (κ3) is 5.80. The summed E-state index contributed by atoms with van der Waals surface area (Å²) in [5.74, 6) is 2.46. The molecule has 8 heteroatoms. The topological polar surface area (TPSA) is 69.4 Å². The molecule has 0 amide bonds. The lowest BCUT2D eigenvalue weighted by atomic mass is 9.99. The molecule has 5 aromatic heterocycles. The summed E-state index contributed by atoms with van der Waals surface area (Å²) < 4.78 is 6.82. The molecule has 5 heterocycles. The van der Waals surface area contributed by atoms with Gasteiger partial charge in [-0.3, -0.25) is 4.57 Å². The average molecular weight is 841 g/mol. The number of fused-ring (bicyclic) bond motifs is 9. The number of hydrogen-bond acceptors (Lipinski definition) is 7. The van der Waals surface area contributed by atoms with E-state index in [9.17, 15) is 0 Å².